The molecule has 3 aromatic rings. The Balaban J connectivity index is 1.75. The molecular weight excluding hydrogens is 521 g/mol. The van der Waals surface area contributed by atoms with Crippen molar-refractivity contribution in [2.75, 3.05) is 13.7 Å². The summed E-state index contributed by atoms with van der Waals surface area (Å²) in [5.41, 5.74) is 7.28. The second kappa shape index (κ2) is 10.4. The molecule has 0 atom stereocenters. The van der Waals surface area contributed by atoms with Crippen LogP contribution in [-0.2, 0) is 4.74 Å². The van der Waals surface area contributed by atoms with E-state index in [0.29, 0.717) is 23.5 Å². The number of carbonyl (C=O) groups is 2. The number of rotatable bonds is 7. The molecule has 0 aliphatic heterocycles. The summed E-state index contributed by atoms with van der Waals surface area (Å²) < 4.78 is 13.3. The van der Waals surface area contributed by atoms with Crippen molar-refractivity contribution in [3.05, 3.63) is 80.2 Å². The highest BCUT2D eigenvalue weighted by Crippen LogP contribution is 2.22. The molecule has 2 aromatic carbocycles. The summed E-state index contributed by atoms with van der Waals surface area (Å²) in [5.74, 6) is -0.0200. The quantitative estimate of drug-likeness (QED) is 0.203. The zero-order chi connectivity index (χ0) is 23.3. The van der Waals surface area contributed by atoms with Gasteiger partial charge >= 0.3 is 5.97 Å². The number of hydrogen-bond acceptors (Lipinski definition) is 5. The first-order valence-corrected chi connectivity index (χ1v) is 11.1. The molecule has 0 unspecified atom stereocenters. The molecule has 0 radical (unpaired) electrons. The minimum absolute atomic E-state index is 0.320. The van der Waals surface area contributed by atoms with Crippen LogP contribution >= 0.6 is 22.6 Å². The van der Waals surface area contributed by atoms with E-state index >= 15 is 0 Å². The number of aryl methyl sites for hydroxylation is 1. The van der Waals surface area contributed by atoms with Crippen LogP contribution in [-0.4, -0.2) is 36.4 Å². The van der Waals surface area contributed by atoms with Gasteiger partial charge in [0.1, 0.15) is 5.75 Å². The van der Waals surface area contributed by atoms with Crippen LogP contribution < -0.4 is 10.2 Å². The van der Waals surface area contributed by atoms with Gasteiger partial charge in [0.2, 0.25) is 0 Å². The number of esters is 1. The number of ether oxygens (including phenoxy) is 2. The second-order valence-corrected chi connectivity index (χ2v) is 8.14. The fraction of sp³-hybridized carbons (Fsp3) is 0.208. The van der Waals surface area contributed by atoms with E-state index in [2.05, 4.69) is 37.7 Å². The smallest absolute Gasteiger partial charge is 0.338 e. The van der Waals surface area contributed by atoms with Gasteiger partial charge in [-0.2, -0.15) is 5.10 Å². The Labute approximate surface area is 200 Å². The third-order valence-corrected chi connectivity index (χ3v) is 5.78. The van der Waals surface area contributed by atoms with E-state index in [-0.39, 0.29) is 11.9 Å². The number of hydrogen-bond donors (Lipinski definition) is 1. The van der Waals surface area contributed by atoms with Crippen molar-refractivity contribution in [2.24, 2.45) is 5.10 Å². The Bertz CT molecular complexity index is 1170. The third kappa shape index (κ3) is 5.18. The molecule has 166 valence electrons. The molecule has 1 N–H and O–H groups in total. The van der Waals surface area contributed by atoms with Crippen LogP contribution in [0, 0.1) is 17.4 Å². The van der Waals surface area contributed by atoms with Gasteiger partial charge in [-0.15, -0.1) is 0 Å². The van der Waals surface area contributed by atoms with Gasteiger partial charge in [0, 0.05) is 28.2 Å². The summed E-state index contributed by atoms with van der Waals surface area (Å²) in [6.45, 7) is 6.08. The maximum atomic E-state index is 12.4. The summed E-state index contributed by atoms with van der Waals surface area (Å²) in [6, 6.07) is 14.4. The first-order chi connectivity index (χ1) is 15.3. The van der Waals surface area contributed by atoms with Crippen molar-refractivity contribution in [1.82, 2.24) is 9.99 Å². The minimum Gasteiger partial charge on any atom is -0.496 e. The number of nitrogens with zero attached hydrogens (tertiary/aromatic N) is 2. The average molecular weight is 545 g/mol. The molecule has 32 heavy (non-hydrogen) atoms. The van der Waals surface area contributed by atoms with Gasteiger partial charge in [0.05, 0.1) is 29.1 Å². The number of benzene rings is 2. The SMILES string of the molecule is CCOC(=O)c1ccc(-n2c(C)cc(/C=N\NC(=O)c3ccc(I)c(OC)c3)c2C)cc1. The van der Waals surface area contributed by atoms with Crippen molar-refractivity contribution in [1.29, 1.82) is 0 Å². The van der Waals surface area contributed by atoms with Crippen molar-refractivity contribution in [3.8, 4) is 11.4 Å². The van der Waals surface area contributed by atoms with Crippen molar-refractivity contribution in [2.45, 2.75) is 20.8 Å². The monoisotopic (exact) mass is 545 g/mol. The van der Waals surface area contributed by atoms with Crippen LogP contribution in [0.1, 0.15) is 44.6 Å². The maximum Gasteiger partial charge on any atom is 0.338 e. The zero-order valence-corrected chi connectivity index (χ0v) is 20.5. The molecule has 7 nitrogen and oxygen atoms in total. The van der Waals surface area contributed by atoms with Gasteiger partial charge in [-0.1, -0.05) is 0 Å². The molecule has 0 saturated carbocycles. The van der Waals surface area contributed by atoms with E-state index in [1.165, 1.54) is 0 Å². The number of aromatic nitrogens is 1. The number of halogens is 1. The van der Waals surface area contributed by atoms with Gasteiger partial charge < -0.3 is 14.0 Å². The number of amides is 1. The van der Waals surface area contributed by atoms with Crippen molar-refractivity contribution < 1.29 is 19.1 Å². The Kier molecular flexibility index (Phi) is 7.68. The van der Waals surface area contributed by atoms with E-state index in [9.17, 15) is 9.59 Å². The normalized spacial score (nSPS) is 10.9. The van der Waals surface area contributed by atoms with Crippen molar-refractivity contribution in [3.63, 3.8) is 0 Å². The highest BCUT2D eigenvalue weighted by molar-refractivity contribution is 14.1. The third-order valence-electron chi connectivity index (χ3n) is 4.89. The van der Waals surface area contributed by atoms with Crippen LogP contribution in [0.3, 0.4) is 0 Å². The molecule has 1 heterocycles. The van der Waals surface area contributed by atoms with Gasteiger partial charge in [-0.05, 0) is 91.9 Å². The fourth-order valence-corrected chi connectivity index (χ4v) is 3.86. The van der Waals surface area contributed by atoms with Gasteiger partial charge in [-0.3, -0.25) is 4.79 Å². The number of methoxy groups -OCH3 is 1. The molecule has 0 fully saturated rings. The molecule has 8 heteroatoms. The molecule has 0 spiro atoms. The van der Waals surface area contributed by atoms with Crippen LogP contribution in [0.2, 0.25) is 0 Å². The average Bonchev–Trinajstić information content (AvgIpc) is 3.07. The maximum absolute atomic E-state index is 12.4. The molecular formula is C24H24IN3O4. The summed E-state index contributed by atoms with van der Waals surface area (Å²) in [6.07, 6.45) is 1.62. The summed E-state index contributed by atoms with van der Waals surface area (Å²) in [4.78, 5) is 24.3. The van der Waals surface area contributed by atoms with Crippen LogP contribution in [0.5, 0.6) is 5.75 Å². The fourth-order valence-electron chi connectivity index (χ4n) is 3.30. The lowest BCUT2D eigenvalue weighted by atomic mass is 10.2. The van der Waals surface area contributed by atoms with E-state index in [1.807, 2.05) is 38.1 Å². The molecule has 1 amide bonds. The highest BCUT2D eigenvalue weighted by atomic mass is 127. The number of carbonyl (C=O) groups excluding carboxylic acids is 2. The van der Waals surface area contributed by atoms with Gasteiger partial charge in [0.25, 0.3) is 5.91 Å². The van der Waals surface area contributed by atoms with E-state index in [4.69, 9.17) is 9.47 Å². The van der Waals surface area contributed by atoms with E-state index in [1.54, 1.807) is 44.5 Å². The lowest BCUT2D eigenvalue weighted by Gasteiger charge is -2.10. The number of hydrazone groups is 1. The first kappa shape index (κ1) is 23.5. The van der Waals surface area contributed by atoms with Crippen LogP contribution in [0.25, 0.3) is 5.69 Å². The molecule has 0 aliphatic rings. The minimum atomic E-state index is -0.339. The highest BCUT2D eigenvalue weighted by Gasteiger charge is 2.12. The molecule has 0 bridgehead atoms. The van der Waals surface area contributed by atoms with E-state index < -0.39 is 0 Å². The van der Waals surface area contributed by atoms with Crippen molar-refractivity contribution >= 4 is 40.7 Å². The predicted molar refractivity (Wildman–Crippen MR) is 132 cm³/mol. The second-order valence-electron chi connectivity index (χ2n) is 6.98. The molecule has 1 aromatic heterocycles. The zero-order valence-electron chi connectivity index (χ0n) is 18.3. The number of nitrogens with one attached hydrogen (secondary N) is 1. The first-order valence-electron chi connectivity index (χ1n) is 9.99. The lowest BCUT2D eigenvalue weighted by molar-refractivity contribution is 0.0526. The summed E-state index contributed by atoms with van der Waals surface area (Å²) >= 11 is 2.15. The van der Waals surface area contributed by atoms with Gasteiger partial charge in [-0.25, -0.2) is 10.2 Å². The Morgan fingerprint density at radius 2 is 1.78 bits per heavy atom. The predicted octanol–water partition coefficient (Wildman–Crippen LogP) is 4.65. The Morgan fingerprint density at radius 1 is 1.09 bits per heavy atom. The van der Waals surface area contributed by atoms with Crippen LogP contribution in [0.4, 0.5) is 0 Å². The van der Waals surface area contributed by atoms with E-state index in [0.717, 1.165) is 26.2 Å². The summed E-state index contributed by atoms with van der Waals surface area (Å²) in [5, 5.41) is 4.12. The molecule has 0 aliphatic carbocycles. The standard InChI is InChI=1S/C24H24IN3O4/c1-5-32-24(30)17-6-9-20(10-7-17)28-15(2)12-19(16(28)3)14-26-27-23(29)18-8-11-21(25)22(13-18)31-4/h6-14H,5H2,1-4H3,(H,27,29)/b26-14-. The Hall–Kier alpha value is -3.14. The van der Waals surface area contributed by atoms with Gasteiger partial charge in [0.15, 0.2) is 0 Å². The lowest BCUT2D eigenvalue weighted by Crippen LogP contribution is -2.17. The Morgan fingerprint density at radius 3 is 2.44 bits per heavy atom. The topological polar surface area (TPSA) is 81.9 Å². The summed E-state index contributed by atoms with van der Waals surface area (Å²) in [7, 11) is 1.57. The molecule has 3 rings (SSSR count). The largest absolute Gasteiger partial charge is 0.496 e. The van der Waals surface area contributed by atoms with Crippen LogP contribution in [0.15, 0.2) is 53.6 Å². The molecule has 0 saturated heterocycles.